The fourth-order valence-electron chi connectivity index (χ4n) is 2.95. The molecule has 3 heteroatoms. The van der Waals surface area contributed by atoms with Crippen LogP contribution in [0.5, 0.6) is 0 Å². The smallest absolute Gasteiger partial charge is 0.0929 e. The molecular weight excluding hydrogens is 244 g/mol. The van der Waals surface area contributed by atoms with E-state index in [2.05, 4.69) is 6.92 Å². The predicted molar refractivity (Wildman–Crippen MR) is 77.0 cm³/mol. The highest BCUT2D eigenvalue weighted by molar-refractivity contribution is 7.85. The lowest BCUT2D eigenvalue weighted by Gasteiger charge is -2.35. The third kappa shape index (κ3) is 3.84. The van der Waals surface area contributed by atoms with Crippen LogP contribution in [0, 0.1) is 5.41 Å². The van der Waals surface area contributed by atoms with Gasteiger partial charge in [0.25, 0.3) is 0 Å². The average molecular weight is 270 g/mol. The van der Waals surface area contributed by atoms with Gasteiger partial charge in [-0.2, -0.15) is 0 Å². The van der Waals surface area contributed by atoms with Crippen molar-refractivity contribution < 1.29 is 8.95 Å². The molecule has 1 saturated carbocycles. The minimum absolute atomic E-state index is 0.291. The van der Waals surface area contributed by atoms with Crippen LogP contribution in [0.15, 0.2) is 11.8 Å². The number of hydrogen-bond acceptors (Lipinski definition) is 2. The van der Waals surface area contributed by atoms with Crippen molar-refractivity contribution in [2.45, 2.75) is 58.3 Å². The van der Waals surface area contributed by atoms with Crippen LogP contribution in [0.2, 0.25) is 0 Å². The quantitative estimate of drug-likeness (QED) is 0.727. The lowest BCUT2D eigenvalue weighted by Crippen LogP contribution is -2.34. The minimum atomic E-state index is -0.569. The summed E-state index contributed by atoms with van der Waals surface area (Å²) in [5.41, 5.74) is 1.78. The van der Waals surface area contributed by atoms with E-state index < -0.39 is 10.8 Å². The first-order valence-corrected chi connectivity index (χ1v) is 8.87. The Balaban J connectivity index is 1.81. The maximum atomic E-state index is 11.4. The van der Waals surface area contributed by atoms with Gasteiger partial charge in [-0.05, 0) is 50.5 Å². The summed E-state index contributed by atoms with van der Waals surface area (Å²) in [6.07, 6.45) is 11.8. The zero-order valence-electron chi connectivity index (χ0n) is 11.6. The summed E-state index contributed by atoms with van der Waals surface area (Å²) in [4.78, 5) is 0. The van der Waals surface area contributed by atoms with Crippen molar-refractivity contribution >= 4 is 10.8 Å². The van der Waals surface area contributed by atoms with Crippen molar-refractivity contribution in [2.75, 3.05) is 18.1 Å². The summed E-state index contributed by atoms with van der Waals surface area (Å²) < 4.78 is 17.3. The van der Waals surface area contributed by atoms with Gasteiger partial charge in [0.2, 0.25) is 0 Å². The molecule has 0 N–H and O–H groups in total. The Morgan fingerprint density at radius 2 is 1.89 bits per heavy atom. The zero-order valence-corrected chi connectivity index (χ0v) is 12.4. The molecule has 0 aromatic heterocycles. The monoisotopic (exact) mass is 270 g/mol. The normalized spacial score (nSPS) is 33.2. The van der Waals surface area contributed by atoms with E-state index in [9.17, 15) is 4.21 Å². The van der Waals surface area contributed by atoms with Crippen LogP contribution in [0.1, 0.15) is 58.3 Å². The van der Waals surface area contributed by atoms with E-state index >= 15 is 0 Å². The van der Waals surface area contributed by atoms with E-state index in [0.717, 1.165) is 37.4 Å². The standard InChI is InChI=1S/C15H26O2S/c1-2-15(8-10-18(16)11-9-15)13-17-12-14-6-4-3-5-7-14/h12H,2-11,13H2,1H3. The van der Waals surface area contributed by atoms with Crippen molar-refractivity contribution in [3.63, 3.8) is 0 Å². The van der Waals surface area contributed by atoms with Gasteiger partial charge in [0, 0.05) is 27.7 Å². The van der Waals surface area contributed by atoms with E-state index in [1.807, 2.05) is 6.26 Å². The van der Waals surface area contributed by atoms with Gasteiger partial charge in [-0.15, -0.1) is 0 Å². The Morgan fingerprint density at radius 1 is 1.22 bits per heavy atom. The van der Waals surface area contributed by atoms with Crippen LogP contribution in [0.25, 0.3) is 0 Å². The van der Waals surface area contributed by atoms with Crippen LogP contribution in [-0.4, -0.2) is 22.3 Å². The second-order valence-electron chi connectivity index (χ2n) is 5.85. The van der Waals surface area contributed by atoms with Gasteiger partial charge in [0.15, 0.2) is 0 Å². The van der Waals surface area contributed by atoms with Crippen LogP contribution >= 0.6 is 0 Å². The molecule has 0 bridgehead atoms. The molecule has 2 fully saturated rings. The van der Waals surface area contributed by atoms with Crippen molar-refractivity contribution in [3.05, 3.63) is 11.8 Å². The molecule has 0 atom stereocenters. The highest BCUT2D eigenvalue weighted by Crippen LogP contribution is 2.35. The molecular formula is C15H26O2S. The van der Waals surface area contributed by atoms with Crippen LogP contribution in [-0.2, 0) is 15.5 Å². The van der Waals surface area contributed by atoms with Gasteiger partial charge in [-0.25, -0.2) is 0 Å². The summed E-state index contributed by atoms with van der Waals surface area (Å²) in [5.74, 6) is 1.74. The van der Waals surface area contributed by atoms with Crippen molar-refractivity contribution in [3.8, 4) is 0 Å². The summed E-state index contributed by atoms with van der Waals surface area (Å²) in [7, 11) is -0.569. The Bertz CT molecular complexity index is 304. The van der Waals surface area contributed by atoms with Gasteiger partial charge < -0.3 is 4.74 Å². The molecule has 0 aromatic rings. The Kier molecular flexibility index (Phi) is 5.28. The molecule has 1 heterocycles. The van der Waals surface area contributed by atoms with E-state index in [-0.39, 0.29) is 0 Å². The molecule has 2 nitrogen and oxygen atoms in total. The first-order valence-electron chi connectivity index (χ1n) is 7.39. The van der Waals surface area contributed by atoms with E-state index in [1.54, 1.807) is 0 Å². The largest absolute Gasteiger partial charge is 0.501 e. The first-order chi connectivity index (χ1) is 8.74. The second kappa shape index (κ2) is 6.74. The highest BCUT2D eigenvalue weighted by Gasteiger charge is 2.33. The molecule has 0 amide bonds. The molecule has 1 saturated heterocycles. The third-order valence-corrected chi connectivity index (χ3v) is 5.92. The number of ether oxygens (including phenoxy) is 1. The predicted octanol–water partition coefficient (Wildman–Crippen LogP) is 3.79. The van der Waals surface area contributed by atoms with Crippen LogP contribution in [0.3, 0.4) is 0 Å². The van der Waals surface area contributed by atoms with Gasteiger partial charge in [0.1, 0.15) is 0 Å². The second-order valence-corrected chi connectivity index (χ2v) is 7.55. The third-order valence-electron chi connectivity index (χ3n) is 4.61. The van der Waals surface area contributed by atoms with Gasteiger partial charge in [-0.1, -0.05) is 13.3 Å². The summed E-state index contributed by atoms with van der Waals surface area (Å²) in [6, 6.07) is 0. The topological polar surface area (TPSA) is 26.3 Å². The van der Waals surface area contributed by atoms with E-state index in [1.165, 1.54) is 37.7 Å². The SMILES string of the molecule is CCC1(COC=C2CCCCC2)CCS(=O)CC1. The molecule has 2 rings (SSSR count). The van der Waals surface area contributed by atoms with Gasteiger partial charge in [0.05, 0.1) is 12.9 Å². The molecule has 0 spiro atoms. The van der Waals surface area contributed by atoms with Gasteiger partial charge >= 0.3 is 0 Å². The highest BCUT2D eigenvalue weighted by atomic mass is 32.2. The minimum Gasteiger partial charge on any atom is -0.501 e. The number of allylic oxidation sites excluding steroid dienone is 1. The van der Waals surface area contributed by atoms with Crippen LogP contribution in [0.4, 0.5) is 0 Å². The molecule has 104 valence electrons. The fraction of sp³-hybridized carbons (Fsp3) is 0.867. The van der Waals surface area contributed by atoms with Crippen molar-refractivity contribution in [2.24, 2.45) is 5.41 Å². The Hall–Kier alpha value is -0.310. The molecule has 0 unspecified atom stereocenters. The average Bonchev–Trinajstić information content (AvgIpc) is 2.43. The summed E-state index contributed by atoms with van der Waals surface area (Å²) >= 11 is 0. The van der Waals surface area contributed by atoms with Gasteiger partial charge in [-0.3, -0.25) is 4.21 Å². The van der Waals surface area contributed by atoms with Crippen molar-refractivity contribution in [1.82, 2.24) is 0 Å². The summed E-state index contributed by atoms with van der Waals surface area (Å²) in [6.45, 7) is 3.07. The van der Waals surface area contributed by atoms with Crippen molar-refractivity contribution in [1.29, 1.82) is 0 Å². The van der Waals surface area contributed by atoms with E-state index in [0.29, 0.717) is 5.41 Å². The summed E-state index contributed by atoms with van der Waals surface area (Å²) in [5, 5.41) is 0. The number of hydrogen-bond donors (Lipinski definition) is 0. The zero-order chi connectivity index (χ0) is 12.8. The molecule has 1 aliphatic heterocycles. The fourth-order valence-corrected chi connectivity index (χ4v) is 4.47. The van der Waals surface area contributed by atoms with Crippen LogP contribution < -0.4 is 0 Å². The maximum Gasteiger partial charge on any atom is 0.0929 e. The Morgan fingerprint density at radius 3 is 2.50 bits per heavy atom. The maximum absolute atomic E-state index is 11.4. The lowest BCUT2D eigenvalue weighted by molar-refractivity contribution is 0.0917. The molecule has 2 aliphatic rings. The number of rotatable bonds is 4. The molecule has 0 radical (unpaired) electrons. The Labute approximate surface area is 114 Å². The first kappa shape index (κ1) is 14.1. The van der Waals surface area contributed by atoms with E-state index in [4.69, 9.17) is 4.74 Å². The molecule has 18 heavy (non-hydrogen) atoms. The molecule has 1 aliphatic carbocycles. The lowest BCUT2D eigenvalue weighted by atomic mass is 9.80. The molecule has 0 aromatic carbocycles.